The highest BCUT2D eigenvalue weighted by Gasteiger charge is 2.22. The molecule has 4 heteroatoms. The van der Waals surface area contributed by atoms with E-state index in [4.69, 9.17) is 0 Å². The van der Waals surface area contributed by atoms with Crippen LogP contribution >= 0.6 is 15.9 Å². The third kappa shape index (κ3) is 3.48. The van der Waals surface area contributed by atoms with Crippen molar-refractivity contribution >= 4 is 27.6 Å². The smallest absolute Gasteiger partial charge is 0.321 e. The Morgan fingerprint density at radius 3 is 2.83 bits per heavy atom. The largest absolute Gasteiger partial charge is 0.324 e. The fraction of sp³-hybridized carbons (Fsp3) is 0.500. The number of carbonyl (C=O) groups is 1. The molecule has 1 saturated heterocycles. The molecule has 1 aliphatic rings. The number of nitrogens with one attached hydrogen (secondary N) is 1. The van der Waals surface area contributed by atoms with Gasteiger partial charge in [-0.05, 0) is 43.0 Å². The molecular weight excluding hydrogens is 292 g/mol. The van der Waals surface area contributed by atoms with Crippen molar-refractivity contribution in [3.8, 4) is 0 Å². The lowest BCUT2D eigenvalue weighted by atomic mass is 9.96. The van der Waals surface area contributed by atoms with Gasteiger partial charge < -0.3 is 10.2 Å². The second-order valence-electron chi connectivity index (χ2n) is 4.80. The Morgan fingerprint density at radius 1 is 1.44 bits per heavy atom. The van der Waals surface area contributed by atoms with Gasteiger partial charge in [-0.15, -0.1) is 0 Å². The van der Waals surface area contributed by atoms with E-state index in [1.54, 1.807) is 0 Å². The molecule has 1 fully saturated rings. The Balaban J connectivity index is 1.93. The zero-order valence-corrected chi connectivity index (χ0v) is 12.2. The third-order valence-electron chi connectivity index (χ3n) is 3.48. The van der Waals surface area contributed by atoms with E-state index in [1.807, 2.05) is 29.2 Å². The first-order valence-corrected chi connectivity index (χ1v) is 7.30. The summed E-state index contributed by atoms with van der Waals surface area (Å²) in [6.45, 7) is 3.96. The number of halogens is 1. The Bertz CT molecular complexity index is 405. The van der Waals surface area contributed by atoms with Gasteiger partial charge in [-0.3, -0.25) is 0 Å². The normalized spacial score (nSPS) is 19.7. The van der Waals surface area contributed by atoms with E-state index in [-0.39, 0.29) is 6.03 Å². The van der Waals surface area contributed by atoms with Gasteiger partial charge in [0, 0.05) is 23.2 Å². The number of piperidine rings is 1. The minimum atomic E-state index is 0.0236. The summed E-state index contributed by atoms with van der Waals surface area (Å²) in [5.74, 6) is 0.661. The molecule has 0 aliphatic carbocycles. The minimum absolute atomic E-state index is 0.0236. The average Bonchev–Trinajstić information content (AvgIpc) is 2.41. The first kappa shape index (κ1) is 13.4. The second kappa shape index (κ2) is 6.23. The summed E-state index contributed by atoms with van der Waals surface area (Å²) in [7, 11) is 0. The lowest BCUT2D eigenvalue weighted by Crippen LogP contribution is -2.42. The van der Waals surface area contributed by atoms with E-state index in [9.17, 15) is 4.79 Å². The Kier molecular flexibility index (Phi) is 4.64. The molecule has 1 aliphatic heterocycles. The quantitative estimate of drug-likeness (QED) is 0.876. The van der Waals surface area contributed by atoms with E-state index >= 15 is 0 Å². The van der Waals surface area contributed by atoms with Crippen molar-refractivity contribution < 1.29 is 4.79 Å². The van der Waals surface area contributed by atoms with Gasteiger partial charge in [0.05, 0.1) is 0 Å². The maximum atomic E-state index is 12.1. The van der Waals surface area contributed by atoms with Gasteiger partial charge in [0.25, 0.3) is 0 Å². The number of anilines is 1. The highest BCUT2D eigenvalue weighted by Crippen LogP contribution is 2.20. The molecule has 0 radical (unpaired) electrons. The van der Waals surface area contributed by atoms with Crippen molar-refractivity contribution in [1.29, 1.82) is 0 Å². The number of benzene rings is 1. The van der Waals surface area contributed by atoms with Crippen molar-refractivity contribution in [2.24, 2.45) is 5.92 Å². The van der Waals surface area contributed by atoms with Crippen LogP contribution in [-0.2, 0) is 0 Å². The number of urea groups is 1. The highest BCUT2D eigenvalue weighted by atomic mass is 79.9. The number of likely N-dealkylation sites (tertiary alicyclic amines) is 1. The molecule has 0 spiro atoms. The van der Waals surface area contributed by atoms with Crippen molar-refractivity contribution in [2.45, 2.75) is 26.2 Å². The third-order valence-corrected chi connectivity index (χ3v) is 4.01. The first-order valence-electron chi connectivity index (χ1n) is 6.50. The van der Waals surface area contributed by atoms with Gasteiger partial charge in [0.1, 0.15) is 0 Å². The van der Waals surface area contributed by atoms with Crippen molar-refractivity contribution in [3.05, 3.63) is 28.7 Å². The number of hydrogen-bond acceptors (Lipinski definition) is 1. The summed E-state index contributed by atoms with van der Waals surface area (Å²) in [5, 5.41) is 2.95. The van der Waals surface area contributed by atoms with Crippen LogP contribution in [0.15, 0.2) is 28.7 Å². The maximum absolute atomic E-state index is 12.1. The van der Waals surface area contributed by atoms with Crippen molar-refractivity contribution in [3.63, 3.8) is 0 Å². The number of amides is 2. The molecule has 1 heterocycles. The van der Waals surface area contributed by atoms with E-state index < -0.39 is 0 Å². The maximum Gasteiger partial charge on any atom is 0.321 e. The molecule has 1 aromatic rings. The Hall–Kier alpha value is -1.03. The molecule has 1 atom stereocenters. The lowest BCUT2D eigenvalue weighted by molar-refractivity contribution is 0.176. The lowest BCUT2D eigenvalue weighted by Gasteiger charge is -2.32. The fourth-order valence-electron chi connectivity index (χ4n) is 2.32. The van der Waals surface area contributed by atoms with Gasteiger partial charge in [0.2, 0.25) is 0 Å². The van der Waals surface area contributed by atoms with Crippen LogP contribution in [0.3, 0.4) is 0 Å². The van der Waals surface area contributed by atoms with Crippen LogP contribution in [0.2, 0.25) is 0 Å². The molecule has 1 N–H and O–H groups in total. The SMILES string of the molecule is CCC1CCCN(C(=O)Nc2ccc(Br)cc2)C1. The molecule has 0 aromatic heterocycles. The topological polar surface area (TPSA) is 32.3 Å². The molecule has 1 unspecified atom stereocenters. The Morgan fingerprint density at radius 2 is 2.17 bits per heavy atom. The average molecular weight is 311 g/mol. The number of rotatable bonds is 2. The number of nitrogens with zero attached hydrogens (tertiary/aromatic N) is 1. The molecule has 18 heavy (non-hydrogen) atoms. The summed E-state index contributed by atoms with van der Waals surface area (Å²) in [4.78, 5) is 14.0. The van der Waals surface area contributed by atoms with Crippen LogP contribution < -0.4 is 5.32 Å². The first-order chi connectivity index (χ1) is 8.69. The molecular formula is C14H19BrN2O. The van der Waals surface area contributed by atoms with Gasteiger partial charge in [-0.25, -0.2) is 4.79 Å². The predicted molar refractivity (Wildman–Crippen MR) is 77.7 cm³/mol. The summed E-state index contributed by atoms with van der Waals surface area (Å²) in [6.07, 6.45) is 3.52. The highest BCUT2D eigenvalue weighted by molar-refractivity contribution is 9.10. The van der Waals surface area contributed by atoms with Gasteiger partial charge in [0.15, 0.2) is 0 Å². The summed E-state index contributed by atoms with van der Waals surface area (Å²) < 4.78 is 1.02. The molecule has 0 bridgehead atoms. The fourth-order valence-corrected chi connectivity index (χ4v) is 2.58. The van der Waals surface area contributed by atoms with Crippen LogP contribution in [0.5, 0.6) is 0 Å². The monoisotopic (exact) mass is 310 g/mol. The van der Waals surface area contributed by atoms with Crippen LogP contribution in [0, 0.1) is 5.92 Å². The molecule has 98 valence electrons. The minimum Gasteiger partial charge on any atom is -0.324 e. The molecule has 3 nitrogen and oxygen atoms in total. The van der Waals surface area contributed by atoms with E-state index in [2.05, 4.69) is 28.2 Å². The Labute approximate surface area is 117 Å². The van der Waals surface area contributed by atoms with Crippen molar-refractivity contribution in [2.75, 3.05) is 18.4 Å². The van der Waals surface area contributed by atoms with Crippen LogP contribution in [0.1, 0.15) is 26.2 Å². The van der Waals surface area contributed by atoms with Gasteiger partial charge in [-0.2, -0.15) is 0 Å². The number of carbonyl (C=O) groups excluding carboxylic acids is 1. The molecule has 2 amide bonds. The van der Waals surface area contributed by atoms with Crippen LogP contribution in [-0.4, -0.2) is 24.0 Å². The van der Waals surface area contributed by atoms with Crippen molar-refractivity contribution in [1.82, 2.24) is 4.90 Å². The van der Waals surface area contributed by atoms with E-state index in [1.165, 1.54) is 6.42 Å². The summed E-state index contributed by atoms with van der Waals surface area (Å²) in [5.41, 5.74) is 0.849. The predicted octanol–water partition coefficient (Wildman–Crippen LogP) is 4.10. The standard InChI is InChI=1S/C14H19BrN2O/c1-2-11-4-3-9-17(10-11)14(18)16-13-7-5-12(15)6-8-13/h5-8,11H,2-4,9-10H2,1H3,(H,16,18). The van der Waals surface area contributed by atoms with Crippen LogP contribution in [0.25, 0.3) is 0 Å². The molecule has 0 saturated carbocycles. The summed E-state index contributed by atoms with van der Waals surface area (Å²) >= 11 is 3.38. The van der Waals surface area contributed by atoms with Gasteiger partial charge in [-0.1, -0.05) is 29.3 Å². The molecule has 2 rings (SSSR count). The zero-order chi connectivity index (χ0) is 13.0. The number of hydrogen-bond donors (Lipinski definition) is 1. The summed E-state index contributed by atoms with van der Waals surface area (Å²) in [6, 6.07) is 7.70. The molecule has 1 aromatic carbocycles. The van der Waals surface area contributed by atoms with Crippen LogP contribution in [0.4, 0.5) is 10.5 Å². The second-order valence-corrected chi connectivity index (χ2v) is 5.72. The zero-order valence-electron chi connectivity index (χ0n) is 10.7. The van der Waals surface area contributed by atoms with E-state index in [0.29, 0.717) is 5.92 Å². The van der Waals surface area contributed by atoms with Gasteiger partial charge >= 0.3 is 6.03 Å². The van der Waals surface area contributed by atoms with E-state index in [0.717, 1.165) is 36.1 Å².